The number of carbonyl (C=O) groups is 3. The number of para-hydroxylation sites is 1. The largest absolute Gasteiger partial charge is 0.495 e. The summed E-state index contributed by atoms with van der Waals surface area (Å²) in [6.07, 6.45) is 1.54. The fourth-order valence-electron chi connectivity index (χ4n) is 4.95. The Morgan fingerprint density at radius 3 is 2.34 bits per heavy atom. The lowest BCUT2D eigenvalue weighted by Crippen LogP contribution is -2.55. The van der Waals surface area contributed by atoms with Gasteiger partial charge in [-0.1, -0.05) is 18.2 Å². The van der Waals surface area contributed by atoms with E-state index in [-0.39, 0.29) is 30.1 Å². The lowest BCUT2D eigenvalue weighted by Gasteiger charge is -2.31. The lowest BCUT2D eigenvalue weighted by molar-refractivity contribution is -0.859. The van der Waals surface area contributed by atoms with Gasteiger partial charge >= 0.3 is 17.9 Å². The molecule has 3 N–H and O–H groups in total. The molecular weight excluding hydrogens is 656 g/mol. The molecule has 44 heavy (non-hydrogen) atoms. The Labute approximate surface area is 264 Å². The molecule has 3 amide bonds. The average molecular weight is 691 g/mol. The molecule has 14 heteroatoms. The molecule has 1 aliphatic rings. The summed E-state index contributed by atoms with van der Waals surface area (Å²) in [6, 6.07) is 17.7. The zero-order chi connectivity index (χ0) is 31.9. The molecule has 1 fully saturated rings. The number of nitrogens with one attached hydrogen (secondary N) is 3. The Morgan fingerprint density at radius 2 is 1.68 bits per heavy atom. The highest BCUT2D eigenvalue weighted by Gasteiger charge is 2.46. The number of rotatable bonds is 11. The van der Waals surface area contributed by atoms with E-state index in [1.807, 2.05) is 12.1 Å². The van der Waals surface area contributed by atoms with Crippen molar-refractivity contribution >= 4 is 55.2 Å². The van der Waals surface area contributed by atoms with Gasteiger partial charge in [-0.3, -0.25) is 0 Å². The number of carbonyl (C=O) groups excluding carboxylic acids is 3. The van der Waals surface area contributed by atoms with Crippen molar-refractivity contribution in [1.29, 1.82) is 0 Å². The van der Waals surface area contributed by atoms with E-state index in [0.717, 1.165) is 10.7 Å². The van der Waals surface area contributed by atoms with Crippen molar-refractivity contribution in [3.63, 3.8) is 0 Å². The smallest absolute Gasteiger partial charge is 0.337 e. The summed E-state index contributed by atoms with van der Waals surface area (Å²) in [5.41, 5.74) is 2.00. The maximum Gasteiger partial charge on any atom is 0.337 e. The number of benzene rings is 3. The van der Waals surface area contributed by atoms with Crippen LogP contribution in [0, 0.1) is 0 Å². The predicted molar refractivity (Wildman–Crippen MR) is 168 cm³/mol. The second-order valence-corrected chi connectivity index (χ2v) is 13.0. The first-order chi connectivity index (χ1) is 20.9. The summed E-state index contributed by atoms with van der Waals surface area (Å²) < 4.78 is 43.3. The van der Waals surface area contributed by atoms with Gasteiger partial charge in [0.1, 0.15) is 18.0 Å². The van der Waals surface area contributed by atoms with Gasteiger partial charge in [-0.25, -0.2) is 32.0 Å². The number of nitrogens with zero attached hydrogens (tertiary/aromatic N) is 1. The molecule has 234 valence electrons. The number of amides is 3. The number of likely N-dealkylation sites (tertiary alicyclic amines) is 1. The van der Waals surface area contributed by atoms with Gasteiger partial charge in [0.05, 0.1) is 56.4 Å². The van der Waals surface area contributed by atoms with Crippen LogP contribution in [-0.2, 0) is 26.0 Å². The molecule has 2 atom stereocenters. The molecule has 0 aliphatic carbocycles. The van der Waals surface area contributed by atoms with E-state index in [9.17, 15) is 22.8 Å². The summed E-state index contributed by atoms with van der Waals surface area (Å²) in [7, 11) is -0.727. The summed E-state index contributed by atoms with van der Waals surface area (Å²) in [6.45, 7) is 0.529. The number of hydrogen-bond acceptors (Lipinski definition) is 8. The molecule has 1 heterocycles. The molecule has 3 aromatic carbocycles. The molecular formula is C30H34BrN4O8S+. The predicted octanol–water partition coefficient (Wildman–Crippen LogP) is 4.13. The third-order valence-electron chi connectivity index (χ3n) is 7.13. The van der Waals surface area contributed by atoms with Crippen LogP contribution in [0.2, 0.25) is 0 Å². The Morgan fingerprint density at radius 1 is 0.977 bits per heavy atom. The van der Waals surface area contributed by atoms with Crippen molar-refractivity contribution in [2.75, 3.05) is 50.9 Å². The number of methoxy groups -OCH3 is 2. The second-order valence-electron chi connectivity index (χ2n) is 10.4. The highest BCUT2D eigenvalue weighted by Crippen LogP contribution is 2.29. The van der Waals surface area contributed by atoms with E-state index in [1.165, 1.54) is 14.2 Å². The number of hydrogen-bond donors (Lipinski definition) is 3. The second kappa shape index (κ2) is 14.2. The van der Waals surface area contributed by atoms with Gasteiger partial charge in [-0.15, -0.1) is 0 Å². The van der Waals surface area contributed by atoms with Gasteiger partial charge in [0.25, 0.3) is 0 Å². The van der Waals surface area contributed by atoms with E-state index >= 15 is 0 Å². The third kappa shape index (κ3) is 8.56. The Balaban J connectivity index is 1.49. The fourth-order valence-corrected chi connectivity index (χ4v) is 6.14. The minimum absolute atomic E-state index is 0.00995. The highest BCUT2D eigenvalue weighted by molar-refractivity contribution is 9.10. The summed E-state index contributed by atoms with van der Waals surface area (Å²) >= 11 is 3.40. The zero-order valence-electron chi connectivity index (χ0n) is 24.5. The highest BCUT2D eigenvalue weighted by atomic mass is 79.9. The van der Waals surface area contributed by atoms with E-state index in [4.69, 9.17) is 14.2 Å². The first kappa shape index (κ1) is 32.9. The van der Waals surface area contributed by atoms with Crippen molar-refractivity contribution in [3.8, 4) is 11.5 Å². The van der Waals surface area contributed by atoms with Crippen molar-refractivity contribution in [3.05, 3.63) is 82.3 Å². The van der Waals surface area contributed by atoms with Crippen LogP contribution in [-0.4, -0.2) is 77.1 Å². The molecule has 1 aliphatic heterocycles. The van der Waals surface area contributed by atoms with Crippen LogP contribution in [0.15, 0.2) is 71.2 Å². The standard InChI is InChI=1S/C30H33BrN4O8S/c1-41-27-16-20(8-13-26(27)33-30(38)32-25-7-5-4-6-24(25)31)17-28(36)35(15-14-22(18-35)34-44(3,39)40)19-43-23-11-9-21(10-12-23)29(37)42-2/h4-13,16,22,34H,14-15,17-19H2,1-3H3,(H-,32,33,38)/p+1. The topological polar surface area (TPSA) is 149 Å². The number of ether oxygens (including phenoxy) is 3. The van der Waals surface area contributed by atoms with Crippen LogP contribution in [0.1, 0.15) is 22.3 Å². The Kier molecular flexibility index (Phi) is 10.6. The van der Waals surface area contributed by atoms with E-state index in [0.29, 0.717) is 47.0 Å². The maximum absolute atomic E-state index is 13.9. The van der Waals surface area contributed by atoms with E-state index < -0.39 is 28.1 Å². The monoisotopic (exact) mass is 689 g/mol. The first-order valence-electron chi connectivity index (χ1n) is 13.6. The zero-order valence-corrected chi connectivity index (χ0v) is 26.9. The molecule has 4 rings (SSSR count). The number of esters is 1. The van der Waals surface area contributed by atoms with E-state index in [1.54, 1.807) is 54.6 Å². The number of halogens is 1. The molecule has 0 bridgehead atoms. The fraction of sp³-hybridized carbons (Fsp3) is 0.300. The van der Waals surface area contributed by atoms with Crippen molar-refractivity contribution in [2.24, 2.45) is 0 Å². The Bertz CT molecular complexity index is 1630. The molecule has 2 unspecified atom stereocenters. The normalized spacial score (nSPS) is 17.9. The van der Waals surface area contributed by atoms with Gasteiger partial charge in [0.2, 0.25) is 16.8 Å². The van der Waals surface area contributed by atoms with Crippen LogP contribution in [0.25, 0.3) is 0 Å². The number of anilines is 2. The summed E-state index contributed by atoms with van der Waals surface area (Å²) in [5, 5.41) is 5.53. The van der Waals surface area contributed by atoms with Gasteiger partial charge in [-0.2, -0.15) is 0 Å². The number of quaternary nitrogens is 1. The molecule has 12 nitrogen and oxygen atoms in total. The van der Waals surface area contributed by atoms with E-state index in [2.05, 4.69) is 31.3 Å². The van der Waals surface area contributed by atoms with Gasteiger partial charge in [0, 0.05) is 10.9 Å². The molecule has 1 saturated heterocycles. The summed E-state index contributed by atoms with van der Waals surface area (Å²) in [5.74, 6) is 0.152. The quantitative estimate of drug-likeness (QED) is 0.201. The minimum Gasteiger partial charge on any atom is -0.495 e. The van der Waals surface area contributed by atoms with Crippen LogP contribution >= 0.6 is 15.9 Å². The Hall–Kier alpha value is -3.98. The average Bonchev–Trinajstić information content (AvgIpc) is 3.40. The minimum atomic E-state index is -3.49. The van der Waals surface area contributed by atoms with Crippen LogP contribution in [0.3, 0.4) is 0 Å². The van der Waals surface area contributed by atoms with Gasteiger partial charge in [-0.05, 0) is 70.0 Å². The molecule has 0 radical (unpaired) electrons. The number of sulfonamides is 1. The van der Waals surface area contributed by atoms with Crippen molar-refractivity contribution < 1.29 is 41.5 Å². The van der Waals surface area contributed by atoms with Crippen LogP contribution in [0.5, 0.6) is 11.5 Å². The molecule has 0 spiro atoms. The SMILES string of the molecule is COC(=O)c1ccc(OC[N+]2(C(=O)Cc3ccc(NC(=O)Nc4ccccc4Br)c(OC)c3)CCC(NS(C)(=O)=O)C2)cc1. The van der Waals surface area contributed by atoms with Crippen LogP contribution < -0.4 is 24.8 Å². The maximum atomic E-state index is 13.9. The summed E-state index contributed by atoms with van der Waals surface area (Å²) in [4.78, 5) is 38.3. The first-order valence-corrected chi connectivity index (χ1v) is 16.3. The van der Waals surface area contributed by atoms with Crippen molar-refractivity contribution in [2.45, 2.75) is 18.9 Å². The van der Waals surface area contributed by atoms with Gasteiger partial charge in [0.15, 0.2) is 0 Å². The van der Waals surface area contributed by atoms with Crippen molar-refractivity contribution in [1.82, 2.24) is 4.72 Å². The van der Waals surface area contributed by atoms with Crippen LogP contribution in [0.4, 0.5) is 16.2 Å². The molecule has 0 saturated carbocycles. The molecule has 3 aromatic rings. The van der Waals surface area contributed by atoms with Gasteiger partial charge < -0.3 is 24.8 Å². The molecule has 0 aromatic heterocycles. The third-order valence-corrected chi connectivity index (χ3v) is 8.58. The lowest BCUT2D eigenvalue weighted by atomic mass is 10.1. The number of urea groups is 1.